The van der Waals surface area contributed by atoms with Gasteiger partial charge >= 0.3 is 0 Å². The van der Waals surface area contributed by atoms with Crippen LogP contribution in [0.5, 0.6) is 0 Å². The van der Waals surface area contributed by atoms with E-state index in [-0.39, 0.29) is 0 Å². The molecule has 0 heteroatoms. The van der Waals surface area contributed by atoms with Crippen LogP contribution in [0.3, 0.4) is 0 Å². The van der Waals surface area contributed by atoms with E-state index in [9.17, 15) is 0 Å². The summed E-state index contributed by atoms with van der Waals surface area (Å²) in [5, 5.41) is 0. The second kappa shape index (κ2) is 1.66. The Morgan fingerprint density at radius 3 is 2.22 bits per heavy atom. The number of hydrogen-bond acceptors (Lipinski definition) is 0. The zero-order valence-electron chi connectivity index (χ0n) is 5.04. The number of benzene rings is 1. The molecular formula is C9H7+. The molecule has 9 heavy (non-hydrogen) atoms. The summed E-state index contributed by atoms with van der Waals surface area (Å²) in [5.74, 6) is 0. The lowest BCUT2D eigenvalue weighted by molar-refractivity contribution is 1.71. The van der Waals surface area contributed by atoms with E-state index in [2.05, 4.69) is 36.4 Å². The van der Waals surface area contributed by atoms with E-state index in [1.807, 2.05) is 6.07 Å². The normalized spacial score (nSPS) is 10.2. The van der Waals surface area contributed by atoms with Gasteiger partial charge in [0, 0.05) is 0 Å². The molecule has 0 aliphatic carbocycles. The lowest BCUT2D eigenvalue weighted by Gasteiger charge is -1.79. The summed E-state index contributed by atoms with van der Waals surface area (Å²) in [5.41, 5.74) is 2.70. The van der Waals surface area contributed by atoms with Gasteiger partial charge < -0.3 is 0 Å². The molecular weight excluding hydrogens is 108 g/mol. The van der Waals surface area contributed by atoms with Gasteiger partial charge in [0.05, 0.1) is 0 Å². The van der Waals surface area contributed by atoms with Crippen LogP contribution in [0.4, 0.5) is 0 Å². The van der Waals surface area contributed by atoms with Gasteiger partial charge in [0.25, 0.3) is 0 Å². The van der Waals surface area contributed by atoms with Crippen molar-refractivity contribution in [3.8, 4) is 11.1 Å². The fourth-order valence-corrected chi connectivity index (χ4v) is 0.865. The second-order valence-electron chi connectivity index (χ2n) is 2.15. The highest BCUT2D eigenvalue weighted by molar-refractivity contribution is 5.69. The lowest BCUT2D eigenvalue weighted by atomic mass is 10.2. The van der Waals surface area contributed by atoms with Crippen LogP contribution in [0.15, 0.2) is 42.5 Å². The Kier molecular flexibility index (Phi) is 0.863. The fourth-order valence-electron chi connectivity index (χ4n) is 0.865. The van der Waals surface area contributed by atoms with Gasteiger partial charge in [0.2, 0.25) is 0 Å². The van der Waals surface area contributed by atoms with E-state index in [1.165, 1.54) is 11.1 Å². The minimum atomic E-state index is 1.33. The molecule has 0 N–H and O–H groups in total. The Labute approximate surface area is 54.5 Å². The van der Waals surface area contributed by atoms with Crippen LogP contribution in [0.25, 0.3) is 11.1 Å². The van der Waals surface area contributed by atoms with Crippen molar-refractivity contribution >= 4 is 0 Å². The Morgan fingerprint density at radius 2 is 1.67 bits per heavy atom. The first-order chi connectivity index (χ1) is 4.47. The summed E-state index contributed by atoms with van der Waals surface area (Å²) in [6, 6.07) is 14.6. The first kappa shape index (κ1) is 4.68. The van der Waals surface area contributed by atoms with Crippen molar-refractivity contribution in [2.45, 2.75) is 0 Å². The summed E-state index contributed by atoms with van der Waals surface area (Å²) in [6.45, 7) is 0. The third kappa shape index (κ3) is 0.833. The first-order valence-corrected chi connectivity index (χ1v) is 3.07. The van der Waals surface area contributed by atoms with Gasteiger partial charge in [0.15, 0.2) is 5.56 Å². The first-order valence-electron chi connectivity index (χ1n) is 3.07. The molecule has 0 unspecified atom stereocenters. The predicted molar refractivity (Wildman–Crippen MR) is 38.7 cm³/mol. The molecule has 0 atom stereocenters. The van der Waals surface area contributed by atoms with Gasteiger partial charge in [-0.3, -0.25) is 0 Å². The molecule has 0 radical (unpaired) electrons. The monoisotopic (exact) mass is 115 g/mol. The maximum Gasteiger partial charge on any atom is 0.180 e. The van der Waals surface area contributed by atoms with Crippen molar-refractivity contribution in [3.05, 3.63) is 42.5 Å². The summed E-state index contributed by atoms with van der Waals surface area (Å²) >= 11 is 0. The van der Waals surface area contributed by atoms with Crippen LogP contribution in [-0.2, 0) is 0 Å². The Bertz CT molecular complexity index is 245. The standard InChI is InChI=1S/C9H7/c1-2-4-8(5-3-1)9-6-7-9/h1-7H/q+1. The molecule has 0 fully saturated rings. The molecule has 0 amide bonds. The van der Waals surface area contributed by atoms with E-state index in [4.69, 9.17) is 0 Å². The van der Waals surface area contributed by atoms with Crippen LogP contribution in [0.2, 0.25) is 0 Å². The van der Waals surface area contributed by atoms with Crippen molar-refractivity contribution < 1.29 is 0 Å². The third-order valence-electron chi connectivity index (χ3n) is 1.44. The van der Waals surface area contributed by atoms with E-state index in [0.29, 0.717) is 0 Å². The molecule has 2 aromatic rings. The van der Waals surface area contributed by atoms with Crippen molar-refractivity contribution in [1.29, 1.82) is 0 Å². The van der Waals surface area contributed by atoms with Crippen LogP contribution in [0.1, 0.15) is 0 Å². The highest BCUT2D eigenvalue weighted by atomic mass is 14.0. The molecule has 0 aliphatic rings. The molecule has 0 aliphatic heterocycles. The molecule has 0 saturated carbocycles. The zero-order chi connectivity index (χ0) is 6.10. The molecule has 0 bridgehead atoms. The van der Waals surface area contributed by atoms with E-state index < -0.39 is 0 Å². The maximum absolute atomic E-state index is 2.12. The van der Waals surface area contributed by atoms with Crippen LogP contribution in [-0.4, -0.2) is 0 Å². The fraction of sp³-hybridized carbons (Fsp3) is 0. The van der Waals surface area contributed by atoms with Crippen LogP contribution in [0, 0.1) is 0 Å². The minimum absolute atomic E-state index is 1.33. The molecule has 42 valence electrons. The van der Waals surface area contributed by atoms with Gasteiger partial charge in [-0.25, -0.2) is 0 Å². The molecule has 0 saturated heterocycles. The van der Waals surface area contributed by atoms with Gasteiger partial charge in [-0.15, -0.1) is 0 Å². The molecule has 0 heterocycles. The van der Waals surface area contributed by atoms with Crippen molar-refractivity contribution in [2.75, 3.05) is 0 Å². The van der Waals surface area contributed by atoms with Crippen LogP contribution >= 0.6 is 0 Å². The highest BCUT2D eigenvalue weighted by Crippen LogP contribution is 2.23. The Morgan fingerprint density at radius 1 is 1.00 bits per heavy atom. The molecule has 2 rings (SSSR count). The Hall–Kier alpha value is -1.17. The summed E-state index contributed by atoms with van der Waals surface area (Å²) in [4.78, 5) is 0. The number of hydrogen-bond donors (Lipinski definition) is 0. The summed E-state index contributed by atoms with van der Waals surface area (Å²) < 4.78 is 0. The van der Waals surface area contributed by atoms with Gasteiger partial charge in [0.1, 0.15) is 17.7 Å². The quantitative estimate of drug-likeness (QED) is 0.501. The van der Waals surface area contributed by atoms with Gasteiger partial charge in [-0.05, 0) is 12.1 Å². The minimum Gasteiger partial charge on any atom is -0.0604 e. The average Bonchev–Trinajstić information content (AvgIpc) is 2.71. The maximum atomic E-state index is 2.12. The molecule has 0 spiro atoms. The van der Waals surface area contributed by atoms with E-state index >= 15 is 0 Å². The topological polar surface area (TPSA) is 0 Å². The smallest absolute Gasteiger partial charge is 0.0604 e. The van der Waals surface area contributed by atoms with Gasteiger partial charge in [-0.2, -0.15) is 0 Å². The van der Waals surface area contributed by atoms with Crippen molar-refractivity contribution in [3.63, 3.8) is 0 Å². The summed E-state index contributed by atoms with van der Waals surface area (Å²) in [6.07, 6.45) is 0. The molecule has 0 nitrogen and oxygen atoms in total. The Balaban J connectivity index is 2.44. The van der Waals surface area contributed by atoms with Crippen molar-refractivity contribution in [2.24, 2.45) is 0 Å². The van der Waals surface area contributed by atoms with E-state index in [1.54, 1.807) is 0 Å². The third-order valence-corrected chi connectivity index (χ3v) is 1.44. The summed E-state index contributed by atoms with van der Waals surface area (Å²) in [7, 11) is 0. The second-order valence-corrected chi connectivity index (χ2v) is 2.15. The largest absolute Gasteiger partial charge is 0.180 e. The number of rotatable bonds is 1. The lowest BCUT2D eigenvalue weighted by Crippen LogP contribution is -1.62. The van der Waals surface area contributed by atoms with Crippen molar-refractivity contribution in [1.82, 2.24) is 0 Å². The average molecular weight is 115 g/mol. The highest BCUT2D eigenvalue weighted by Gasteiger charge is 2.12. The molecule has 0 aromatic heterocycles. The predicted octanol–water partition coefficient (Wildman–Crippen LogP) is 2.51. The van der Waals surface area contributed by atoms with Gasteiger partial charge in [-0.1, -0.05) is 18.2 Å². The SMILES string of the molecule is c1ccc(-c2c[cH+]2)cc1. The zero-order valence-corrected chi connectivity index (χ0v) is 5.04. The van der Waals surface area contributed by atoms with Crippen LogP contribution < -0.4 is 0 Å². The molecule has 2 aromatic carbocycles. The van der Waals surface area contributed by atoms with E-state index in [0.717, 1.165) is 0 Å².